The van der Waals surface area contributed by atoms with Crippen LogP contribution in [0.5, 0.6) is 0 Å². The molecule has 1 aliphatic carbocycles. The van der Waals surface area contributed by atoms with E-state index in [1.807, 2.05) is 30.3 Å². The molecule has 1 aromatic carbocycles. The molecule has 3 heteroatoms. The summed E-state index contributed by atoms with van der Waals surface area (Å²) in [5.74, 6) is 7.48. The molecular weight excluding hydrogens is 334 g/mol. The van der Waals surface area contributed by atoms with Gasteiger partial charge in [-0.25, -0.2) is 0 Å². The number of allylic oxidation sites excluding steroid dienone is 2. The number of piperidine rings is 3. The number of aliphatic hydroxyl groups is 1. The number of rotatable bonds is 3. The minimum Gasteiger partial charge on any atom is -0.373 e. The van der Waals surface area contributed by atoms with Gasteiger partial charge in [-0.3, -0.25) is 4.90 Å². The van der Waals surface area contributed by atoms with E-state index in [1.165, 1.54) is 0 Å². The van der Waals surface area contributed by atoms with Crippen molar-refractivity contribution < 1.29 is 9.84 Å². The van der Waals surface area contributed by atoms with Gasteiger partial charge in [-0.15, -0.1) is 0 Å². The summed E-state index contributed by atoms with van der Waals surface area (Å²) in [6.45, 7) is 3.15. The molecule has 2 bridgehead atoms. The molecular formula is C24H31NO2. The first kappa shape index (κ1) is 18.7. The molecule has 3 heterocycles. The van der Waals surface area contributed by atoms with Crippen molar-refractivity contribution in [2.75, 3.05) is 26.7 Å². The highest BCUT2D eigenvalue weighted by Crippen LogP contribution is 2.40. The molecule has 3 nitrogen and oxygen atoms in total. The molecule has 1 aromatic rings. The third-order valence-electron chi connectivity index (χ3n) is 6.87. The fourth-order valence-electron chi connectivity index (χ4n) is 5.14. The average molecular weight is 366 g/mol. The molecule has 144 valence electrons. The van der Waals surface area contributed by atoms with Gasteiger partial charge in [-0.05, 0) is 57.2 Å². The van der Waals surface area contributed by atoms with Gasteiger partial charge in [-0.1, -0.05) is 54.3 Å². The molecule has 0 aromatic heterocycles. The Morgan fingerprint density at radius 2 is 1.74 bits per heavy atom. The Labute approximate surface area is 163 Å². The van der Waals surface area contributed by atoms with Gasteiger partial charge >= 0.3 is 0 Å². The first-order valence-corrected chi connectivity index (χ1v) is 10.4. The van der Waals surface area contributed by atoms with Crippen LogP contribution in [0.2, 0.25) is 0 Å². The highest BCUT2D eigenvalue weighted by atomic mass is 16.5. The van der Waals surface area contributed by atoms with Crippen LogP contribution in [0.3, 0.4) is 0 Å². The van der Waals surface area contributed by atoms with Crippen molar-refractivity contribution in [2.45, 2.75) is 49.7 Å². The van der Waals surface area contributed by atoms with Crippen molar-refractivity contribution in [3.05, 3.63) is 48.0 Å². The second-order valence-corrected chi connectivity index (χ2v) is 8.35. The van der Waals surface area contributed by atoms with E-state index in [2.05, 4.69) is 28.9 Å². The Kier molecular flexibility index (Phi) is 5.41. The number of methoxy groups -OCH3 is 1. The van der Waals surface area contributed by atoms with Gasteiger partial charge < -0.3 is 9.84 Å². The van der Waals surface area contributed by atoms with Crippen molar-refractivity contribution in [2.24, 2.45) is 11.8 Å². The Morgan fingerprint density at radius 3 is 2.30 bits per heavy atom. The smallest absolute Gasteiger partial charge is 0.153 e. The Hall–Kier alpha value is -1.60. The predicted octanol–water partition coefficient (Wildman–Crippen LogP) is 3.73. The van der Waals surface area contributed by atoms with E-state index in [0.717, 1.165) is 63.7 Å². The van der Waals surface area contributed by atoms with E-state index in [1.54, 1.807) is 7.11 Å². The third-order valence-corrected chi connectivity index (χ3v) is 6.87. The predicted molar refractivity (Wildman–Crippen MR) is 108 cm³/mol. The van der Waals surface area contributed by atoms with E-state index in [-0.39, 0.29) is 5.92 Å². The molecule has 0 radical (unpaired) electrons. The summed E-state index contributed by atoms with van der Waals surface area (Å²) in [7, 11) is 1.79. The molecule has 0 saturated carbocycles. The van der Waals surface area contributed by atoms with Gasteiger partial charge in [0.2, 0.25) is 0 Å². The minimum atomic E-state index is -1.12. The summed E-state index contributed by atoms with van der Waals surface area (Å²) in [6.07, 6.45) is 10.7. The lowest BCUT2D eigenvalue weighted by Gasteiger charge is -2.50. The van der Waals surface area contributed by atoms with E-state index in [9.17, 15) is 5.11 Å². The van der Waals surface area contributed by atoms with Crippen LogP contribution in [0.4, 0.5) is 0 Å². The van der Waals surface area contributed by atoms with Gasteiger partial charge in [0.15, 0.2) is 5.60 Å². The topological polar surface area (TPSA) is 32.7 Å². The standard InChI is InChI=1S/C24H31NO2/c1-27-23(19-25-17-13-20(23)14-18-25)15-16-24(26,22-11-7-4-8-12-22)21-9-5-2-3-6-10-21/h2-4,7-8,11-12,20-21,26H,5-6,9-10,13-14,17-19H2,1H3/t23-,24?/m1/s1. The first-order chi connectivity index (χ1) is 13.2. The number of fused-ring (bicyclic) bond motifs is 3. The van der Waals surface area contributed by atoms with Crippen molar-refractivity contribution in [3.8, 4) is 11.8 Å². The van der Waals surface area contributed by atoms with Gasteiger partial charge in [0.05, 0.1) is 0 Å². The van der Waals surface area contributed by atoms with Crippen LogP contribution in [0.1, 0.15) is 44.1 Å². The molecule has 5 rings (SSSR count). The van der Waals surface area contributed by atoms with Crippen molar-refractivity contribution in [1.82, 2.24) is 4.90 Å². The van der Waals surface area contributed by atoms with Crippen molar-refractivity contribution in [1.29, 1.82) is 0 Å². The molecule has 1 unspecified atom stereocenters. The Bertz CT molecular complexity index is 716. The summed E-state index contributed by atoms with van der Waals surface area (Å²) in [5.41, 5.74) is -0.649. The summed E-state index contributed by atoms with van der Waals surface area (Å²) >= 11 is 0. The van der Waals surface area contributed by atoms with Crippen LogP contribution in [0.25, 0.3) is 0 Å². The minimum absolute atomic E-state index is 0.136. The molecule has 3 fully saturated rings. The van der Waals surface area contributed by atoms with E-state index in [4.69, 9.17) is 4.74 Å². The normalized spacial score (nSPS) is 33.0. The Balaban J connectivity index is 1.71. The van der Waals surface area contributed by atoms with Gasteiger partial charge in [0.25, 0.3) is 0 Å². The average Bonchev–Trinajstić information content (AvgIpc) is 3.03. The van der Waals surface area contributed by atoms with Crippen molar-refractivity contribution in [3.63, 3.8) is 0 Å². The van der Waals surface area contributed by atoms with E-state index < -0.39 is 11.2 Å². The number of hydrogen-bond acceptors (Lipinski definition) is 3. The Morgan fingerprint density at radius 1 is 1.07 bits per heavy atom. The summed E-state index contributed by atoms with van der Waals surface area (Å²) in [4.78, 5) is 2.45. The van der Waals surface area contributed by atoms with Crippen molar-refractivity contribution >= 4 is 0 Å². The maximum absolute atomic E-state index is 11.9. The van der Waals surface area contributed by atoms with E-state index in [0.29, 0.717) is 5.92 Å². The number of benzene rings is 1. The van der Waals surface area contributed by atoms with Gasteiger partial charge in [-0.2, -0.15) is 0 Å². The fourth-order valence-corrected chi connectivity index (χ4v) is 5.14. The second-order valence-electron chi connectivity index (χ2n) is 8.35. The van der Waals surface area contributed by atoms with Gasteiger partial charge in [0, 0.05) is 25.5 Å². The van der Waals surface area contributed by atoms with Crippen LogP contribution in [-0.2, 0) is 10.3 Å². The summed E-state index contributed by atoms with van der Waals surface area (Å²) < 4.78 is 6.02. The summed E-state index contributed by atoms with van der Waals surface area (Å²) in [6, 6.07) is 10.0. The molecule has 0 spiro atoms. The van der Waals surface area contributed by atoms with Crippen LogP contribution < -0.4 is 0 Å². The fraction of sp³-hybridized carbons (Fsp3) is 0.583. The lowest BCUT2D eigenvalue weighted by Crippen LogP contribution is -2.59. The maximum atomic E-state index is 11.9. The molecule has 1 N–H and O–H groups in total. The SMILES string of the molecule is CO[C@]1(C#CC(O)(c2ccccc2)C2CCC=CCC2)CN2CCC1CC2. The molecule has 2 atom stereocenters. The maximum Gasteiger partial charge on any atom is 0.153 e. The highest BCUT2D eigenvalue weighted by molar-refractivity contribution is 5.36. The molecule has 27 heavy (non-hydrogen) atoms. The zero-order valence-electron chi connectivity index (χ0n) is 16.4. The van der Waals surface area contributed by atoms with Crippen LogP contribution in [-0.4, -0.2) is 42.4 Å². The molecule has 3 saturated heterocycles. The zero-order chi connectivity index (χ0) is 18.7. The van der Waals surface area contributed by atoms with Gasteiger partial charge in [0.1, 0.15) is 5.60 Å². The third kappa shape index (κ3) is 3.59. The van der Waals surface area contributed by atoms with Crippen LogP contribution >= 0.6 is 0 Å². The zero-order valence-corrected chi connectivity index (χ0v) is 16.4. The quantitative estimate of drug-likeness (QED) is 0.654. The van der Waals surface area contributed by atoms with E-state index >= 15 is 0 Å². The monoisotopic (exact) mass is 365 g/mol. The number of nitrogens with zero attached hydrogens (tertiary/aromatic N) is 1. The molecule has 0 amide bonds. The molecule has 4 aliphatic rings. The second kappa shape index (κ2) is 7.80. The largest absolute Gasteiger partial charge is 0.373 e. The molecule has 3 aliphatic heterocycles. The first-order valence-electron chi connectivity index (χ1n) is 10.4. The summed E-state index contributed by atoms with van der Waals surface area (Å²) in [5, 5.41) is 11.9. The lowest BCUT2D eigenvalue weighted by atomic mass is 9.73. The number of hydrogen-bond donors (Lipinski definition) is 1. The highest BCUT2D eigenvalue weighted by Gasteiger charge is 2.47. The lowest BCUT2D eigenvalue weighted by molar-refractivity contribution is -0.0967. The number of ether oxygens (including phenoxy) is 1. The van der Waals surface area contributed by atoms with Crippen LogP contribution in [0, 0.1) is 23.7 Å². The van der Waals surface area contributed by atoms with Crippen LogP contribution in [0.15, 0.2) is 42.5 Å².